The lowest BCUT2D eigenvalue weighted by atomic mass is 10.4. The molecule has 92 valence electrons. The zero-order valence-electron chi connectivity index (χ0n) is 10.4. The molecular weight excluding hydrogens is 234 g/mol. The maximum absolute atomic E-state index is 4.48. The molecule has 5 nitrogen and oxygen atoms in total. The van der Waals surface area contributed by atoms with Crippen LogP contribution in [0.3, 0.4) is 0 Å². The highest BCUT2D eigenvalue weighted by atomic mass is 32.1. The predicted molar refractivity (Wildman–Crippen MR) is 67.8 cm³/mol. The summed E-state index contributed by atoms with van der Waals surface area (Å²) >= 11 is 1.75. The Morgan fingerprint density at radius 3 is 2.82 bits per heavy atom. The topological polar surface area (TPSA) is 55.6 Å². The number of rotatable bonds is 5. The summed E-state index contributed by atoms with van der Waals surface area (Å²) in [7, 11) is 0. The number of nitrogens with zero attached hydrogens (tertiary/aromatic N) is 4. The molecule has 0 saturated carbocycles. The van der Waals surface area contributed by atoms with Crippen molar-refractivity contribution in [1.82, 2.24) is 25.1 Å². The molecular formula is C11H17N5S. The van der Waals surface area contributed by atoms with Gasteiger partial charge in [-0.2, -0.15) is 0 Å². The molecule has 2 heterocycles. The minimum absolute atomic E-state index is 0.728. The maximum Gasteiger partial charge on any atom is 0.146 e. The lowest BCUT2D eigenvalue weighted by Crippen LogP contribution is -2.16. The summed E-state index contributed by atoms with van der Waals surface area (Å²) in [6.45, 7) is 8.65. The Kier molecular flexibility index (Phi) is 3.86. The van der Waals surface area contributed by atoms with Gasteiger partial charge >= 0.3 is 0 Å². The third-order valence-electron chi connectivity index (χ3n) is 2.67. The van der Waals surface area contributed by atoms with E-state index in [1.54, 1.807) is 17.7 Å². The molecule has 0 aliphatic rings. The van der Waals surface area contributed by atoms with E-state index in [2.05, 4.69) is 34.3 Å². The van der Waals surface area contributed by atoms with Gasteiger partial charge in [0.2, 0.25) is 0 Å². The van der Waals surface area contributed by atoms with Gasteiger partial charge in [-0.25, -0.2) is 4.98 Å². The number of hydrogen-bond acceptors (Lipinski definition) is 5. The Bertz CT molecular complexity index is 468. The highest BCUT2D eigenvalue weighted by molar-refractivity contribution is 7.11. The van der Waals surface area contributed by atoms with E-state index in [4.69, 9.17) is 0 Å². The van der Waals surface area contributed by atoms with E-state index in [9.17, 15) is 0 Å². The van der Waals surface area contributed by atoms with Crippen molar-refractivity contribution in [2.24, 2.45) is 0 Å². The molecule has 1 N–H and O–H groups in total. The molecule has 0 fully saturated rings. The van der Waals surface area contributed by atoms with Crippen LogP contribution in [0.4, 0.5) is 0 Å². The molecule has 2 rings (SSSR count). The summed E-state index contributed by atoms with van der Waals surface area (Å²) in [5, 5.41) is 12.4. The molecule has 2 aromatic rings. The Morgan fingerprint density at radius 1 is 1.35 bits per heavy atom. The minimum atomic E-state index is 0.728. The van der Waals surface area contributed by atoms with Gasteiger partial charge in [-0.1, -0.05) is 0 Å². The van der Waals surface area contributed by atoms with Crippen molar-refractivity contribution in [1.29, 1.82) is 0 Å². The smallest absolute Gasteiger partial charge is 0.146 e. The molecule has 0 atom stereocenters. The van der Waals surface area contributed by atoms with Crippen LogP contribution < -0.4 is 5.32 Å². The van der Waals surface area contributed by atoms with E-state index in [0.717, 1.165) is 36.2 Å². The lowest BCUT2D eigenvalue weighted by molar-refractivity contribution is 0.611. The van der Waals surface area contributed by atoms with E-state index in [0.29, 0.717) is 0 Å². The molecule has 0 bridgehead atoms. The van der Waals surface area contributed by atoms with Crippen LogP contribution in [0.1, 0.15) is 28.3 Å². The first-order chi connectivity index (χ1) is 8.20. The van der Waals surface area contributed by atoms with Crippen molar-refractivity contribution >= 4 is 11.3 Å². The van der Waals surface area contributed by atoms with Gasteiger partial charge in [-0.15, -0.1) is 21.5 Å². The SMILES string of the molecule is CCn1cnnc1CNCc1nc(C)c(C)s1. The van der Waals surface area contributed by atoms with Crippen LogP contribution in [0.5, 0.6) is 0 Å². The van der Waals surface area contributed by atoms with Gasteiger partial charge in [0.1, 0.15) is 17.2 Å². The fourth-order valence-corrected chi connectivity index (χ4v) is 2.48. The molecule has 0 aliphatic carbocycles. The van der Waals surface area contributed by atoms with Gasteiger partial charge in [-0.3, -0.25) is 0 Å². The first kappa shape index (κ1) is 12.2. The van der Waals surface area contributed by atoms with E-state index < -0.39 is 0 Å². The molecule has 0 saturated heterocycles. The second-order valence-electron chi connectivity index (χ2n) is 3.89. The lowest BCUT2D eigenvalue weighted by Gasteiger charge is -2.03. The quantitative estimate of drug-likeness (QED) is 0.878. The fraction of sp³-hybridized carbons (Fsp3) is 0.545. The van der Waals surface area contributed by atoms with E-state index in [1.165, 1.54) is 4.88 Å². The molecule has 0 unspecified atom stereocenters. The van der Waals surface area contributed by atoms with E-state index >= 15 is 0 Å². The fourth-order valence-electron chi connectivity index (χ4n) is 1.58. The van der Waals surface area contributed by atoms with Gasteiger partial charge in [0.05, 0.1) is 12.2 Å². The Labute approximate surface area is 105 Å². The number of aromatic nitrogens is 4. The zero-order valence-corrected chi connectivity index (χ0v) is 11.2. The van der Waals surface area contributed by atoms with Crippen molar-refractivity contribution in [2.75, 3.05) is 0 Å². The van der Waals surface area contributed by atoms with E-state index in [-0.39, 0.29) is 0 Å². The average Bonchev–Trinajstić information content (AvgIpc) is 2.87. The number of nitrogens with one attached hydrogen (secondary N) is 1. The molecule has 0 aliphatic heterocycles. The summed E-state index contributed by atoms with van der Waals surface area (Å²) in [6, 6.07) is 0. The normalized spacial score (nSPS) is 11.0. The van der Waals surface area contributed by atoms with Crippen molar-refractivity contribution in [3.63, 3.8) is 0 Å². The monoisotopic (exact) mass is 251 g/mol. The first-order valence-electron chi connectivity index (χ1n) is 5.71. The van der Waals surface area contributed by atoms with Crippen LogP contribution in [-0.2, 0) is 19.6 Å². The summed E-state index contributed by atoms with van der Waals surface area (Å²) in [6.07, 6.45) is 1.76. The molecule has 0 spiro atoms. The van der Waals surface area contributed by atoms with Crippen molar-refractivity contribution < 1.29 is 0 Å². The van der Waals surface area contributed by atoms with Crippen LogP contribution in [0.2, 0.25) is 0 Å². The van der Waals surface area contributed by atoms with Crippen LogP contribution in [0, 0.1) is 13.8 Å². The summed E-state index contributed by atoms with van der Waals surface area (Å²) in [5.41, 5.74) is 1.13. The standard InChI is InChI=1S/C11H17N5S/c1-4-16-7-13-15-10(16)5-12-6-11-14-8(2)9(3)17-11/h7,12H,4-6H2,1-3H3. The van der Waals surface area contributed by atoms with Crippen molar-refractivity contribution in [3.05, 3.63) is 27.7 Å². The molecule has 6 heteroatoms. The largest absolute Gasteiger partial charge is 0.317 e. The van der Waals surface area contributed by atoms with Gasteiger partial charge in [0, 0.05) is 18.0 Å². The zero-order chi connectivity index (χ0) is 12.3. The maximum atomic E-state index is 4.48. The number of aryl methyl sites for hydroxylation is 3. The third-order valence-corrected chi connectivity index (χ3v) is 3.74. The van der Waals surface area contributed by atoms with Gasteiger partial charge in [0.15, 0.2) is 0 Å². The Morgan fingerprint density at radius 2 is 2.18 bits per heavy atom. The summed E-state index contributed by atoms with van der Waals surface area (Å²) in [4.78, 5) is 5.78. The average molecular weight is 251 g/mol. The molecule has 0 aromatic carbocycles. The van der Waals surface area contributed by atoms with Crippen LogP contribution in [0.15, 0.2) is 6.33 Å². The molecule has 2 aromatic heterocycles. The molecule has 17 heavy (non-hydrogen) atoms. The van der Waals surface area contributed by atoms with Crippen LogP contribution in [0.25, 0.3) is 0 Å². The Hall–Kier alpha value is -1.27. The Balaban J connectivity index is 1.87. The summed E-state index contributed by atoms with van der Waals surface area (Å²) < 4.78 is 2.03. The third kappa shape index (κ3) is 2.89. The molecule has 0 amide bonds. The first-order valence-corrected chi connectivity index (χ1v) is 6.52. The van der Waals surface area contributed by atoms with Gasteiger partial charge in [0.25, 0.3) is 0 Å². The van der Waals surface area contributed by atoms with Gasteiger partial charge in [-0.05, 0) is 20.8 Å². The second-order valence-corrected chi connectivity index (χ2v) is 5.17. The predicted octanol–water partition coefficient (Wildman–Crippen LogP) is 1.66. The number of thiazole rings is 1. The highest BCUT2D eigenvalue weighted by Gasteiger charge is 2.05. The minimum Gasteiger partial charge on any atom is -0.317 e. The van der Waals surface area contributed by atoms with Crippen LogP contribution >= 0.6 is 11.3 Å². The van der Waals surface area contributed by atoms with Crippen molar-refractivity contribution in [2.45, 2.75) is 40.4 Å². The molecule has 0 radical (unpaired) electrons. The number of hydrogen-bond donors (Lipinski definition) is 1. The van der Waals surface area contributed by atoms with E-state index in [1.807, 2.05) is 11.5 Å². The van der Waals surface area contributed by atoms with Gasteiger partial charge < -0.3 is 9.88 Å². The van der Waals surface area contributed by atoms with Crippen molar-refractivity contribution in [3.8, 4) is 0 Å². The highest BCUT2D eigenvalue weighted by Crippen LogP contribution is 2.15. The second kappa shape index (κ2) is 5.37. The van der Waals surface area contributed by atoms with Crippen LogP contribution in [-0.4, -0.2) is 19.7 Å². The summed E-state index contributed by atoms with van der Waals surface area (Å²) in [5.74, 6) is 0.970.